The Morgan fingerprint density at radius 2 is 1.96 bits per heavy atom. The van der Waals surface area contributed by atoms with E-state index in [1.54, 1.807) is 0 Å². The lowest BCUT2D eigenvalue weighted by molar-refractivity contribution is -0.118. The Labute approximate surface area is 137 Å². The van der Waals surface area contributed by atoms with Crippen LogP contribution in [0.25, 0.3) is 0 Å². The standard InChI is InChI=1S/C20H22N2O/c1-13-16(12-21)15(9-14-7-5-4-6-8-14)19-17(22-13)10-20(2,3)11-18(19)23/h4-8,15-16H,9-11H2,1-3H3. The van der Waals surface area contributed by atoms with Gasteiger partial charge in [0.25, 0.3) is 0 Å². The van der Waals surface area contributed by atoms with Gasteiger partial charge in [-0.2, -0.15) is 5.26 Å². The number of aliphatic imine (C=N–C) groups is 1. The Morgan fingerprint density at radius 1 is 1.26 bits per heavy atom. The van der Waals surface area contributed by atoms with Gasteiger partial charge >= 0.3 is 0 Å². The molecule has 0 spiro atoms. The Bertz CT molecular complexity index is 735. The molecule has 0 saturated heterocycles. The molecule has 0 N–H and O–H groups in total. The van der Waals surface area contributed by atoms with Crippen molar-refractivity contribution in [3.8, 4) is 6.07 Å². The van der Waals surface area contributed by atoms with E-state index in [1.165, 1.54) is 0 Å². The fourth-order valence-electron chi connectivity index (χ4n) is 3.83. The lowest BCUT2D eigenvalue weighted by atomic mass is 9.67. The highest BCUT2D eigenvalue weighted by atomic mass is 16.1. The number of ketones is 1. The van der Waals surface area contributed by atoms with Crippen LogP contribution in [-0.2, 0) is 11.2 Å². The first-order chi connectivity index (χ1) is 10.9. The van der Waals surface area contributed by atoms with Crippen molar-refractivity contribution in [1.82, 2.24) is 0 Å². The molecule has 0 amide bonds. The molecule has 3 rings (SSSR count). The van der Waals surface area contributed by atoms with E-state index in [2.05, 4.69) is 37.0 Å². The number of carbonyl (C=O) groups is 1. The zero-order valence-electron chi connectivity index (χ0n) is 14.0. The van der Waals surface area contributed by atoms with E-state index in [4.69, 9.17) is 0 Å². The number of carbonyl (C=O) groups excluding carboxylic acids is 1. The average Bonchev–Trinajstić information content (AvgIpc) is 2.46. The van der Waals surface area contributed by atoms with Crippen LogP contribution in [0.3, 0.4) is 0 Å². The molecular formula is C20H22N2O. The fourth-order valence-corrected chi connectivity index (χ4v) is 3.83. The first kappa shape index (κ1) is 15.7. The molecule has 0 saturated carbocycles. The summed E-state index contributed by atoms with van der Waals surface area (Å²) in [6.07, 6.45) is 2.08. The minimum atomic E-state index is -0.306. The molecule has 118 valence electrons. The summed E-state index contributed by atoms with van der Waals surface area (Å²) >= 11 is 0. The van der Waals surface area contributed by atoms with Gasteiger partial charge in [0.15, 0.2) is 5.78 Å². The van der Waals surface area contributed by atoms with Gasteiger partial charge in [-0.3, -0.25) is 9.79 Å². The van der Waals surface area contributed by atoms with Crippen LogP contribution >= 0.6 is 0 Å². The molecule has 1 aromatic rings. The predicted molar refractivity (Wildman–Crippen MR) is 90.9 cm³/mol. The van der Waals surface area contributed by atoms with Crippen LogP contribution in [0, 0.1) is 28.6 Å². The molecule has 0 aromatic heterocycles. The summed E-state index contributed by atoms with van der Waals surface area (Å²) in [5.74, 6) is -0.203. The van der Waals surface area contributed by atoms with Crippen molar-refractivity contribution in [2.24, 2.45) is 22.2 Å². The molecule has 0 radical (unpaired) electrons. The van der Waals surface area contributed by atoms with Gasteiger partial charge in [0.2, 0.25) is 0 Å². The normalized spacial score (nSPS) is 26.3. The molecule has 1 aromatic carbocycles. The monoisotopic (exact) mass is 306 g/mol. The molecule has 2 unspecified atom stereocenters. The second-order valence-electron chi connectivity index (χ2n) is 7.46. The van der Waals surface area contributed by atoms with E-state index in [9.17, 15) is 10.1 Å². The average molecular weight is 306 g/mol. The topological polar surface area (TPSA) is 53.2 Å². The highest BCUT2D eigenvalue weighted by Gasteiger charge is 2.42. The van der Waals surface area contributed by atoms with E-state index in [0.717, 1.165) is 35.4 Å². The van der Waals surface area contributed by atoms with Gasteiger partial charge in [-0.05, 0) is 30.7 Å². The summed E-state index contributed by atoms with van der Waals surface area (Å²) in [6.45, 7) is 6.14. The van der Waals surface area contributed by atoms with Crippen molar-refractivity contribution >= 4 is 11.5 Å². The van der Waals surface area contributed by atoms with E-state index in [-0.39, 0.29) is 23.0 Å². The Balaban J connectivity index is 2.04. The third-order valence-corrected chi connectivity index (χ3v) is 4.87. The molecule has 23 heavy (non-hydrogen) atoms. The van der Waals surface area contributed by atoms with Crippen LogP contribution < -0.4 is 0 Å². The van der Waals surface area contributed by atoms with Crippen LogP contribution in [0.15, 0.2) is 46.6 Å². The summed E-state index contributed by atoms with van der Waals surface area (Å²) in [5.41, 5.74) is 3.69. The number of rotatable bonds is 2. The minimum Gasteiger partial charge on any atom is -0.294 e. The third kappa shape index (κ3) is 2.99. The van der Waals surface area contributed by atoms with E-state index >= 15 is 0 Å². The van der Waals surface area contributed by atoms with Gasteiger partial charge in [0, 0.05) is 29.3 Å². The Hall–Kier alpha value is -2.21. The summed E-state index contributed by atoms with van der Waals surface area (Å²) in [6, 6.07) is 12.5. The number of benzene rings is 1. The maximum absolute atomic E-state index is 12.8. The molecule has 2 atom stereocenters. The summed E-state index contributed by atoms with van der Waals surface area (Å²) in [5, 5.41) is 9.62. The van der Waals surface area contributed by atoms with Gasteiger partial charge in [-0.1, -0.05) is 44.2 Å². The first-order valence-electron chi connectivity index (χ1n) is 8.16. The highest BCUT2D eigenvalue weighted by molar-refractivity contribution is 6.02. The molecule has 3 nitrogen and oxygen atoms in total. The smallest absolute Gasteiger partial charge is 0.161 e. The first-order valence-corrected chi connectivity index (χ1v) is 8.16. The van der Waals surface area contributed by atoms with Crippen LogP contribution in [-0.4, -0.2) is 11.5 Å². The molecule has 0 fully saturated rings. The summed E-state index contributed by atoms with van der Waals surface area (Å²) in [7, 11) is 0. The number of nitrogens with zero attached hydrogens (tertiary/aromatic N) is 2. The van der Waals surface area contributed by atoms with Crippen LogP contribution in [0.4, 0.5) is 0 Å². The number of nitriles is 1. The third-order valence-electron chi connectivity index (χ3n) is 4.87. The van der Waals surface area contributed by atoms with E-state index in [1.807, 2.05) is 25.1 Å². The zero-order valence-corrected chi connectivity index (χ0v) is 14.0. The van der Waals surface area contributed by atoms with Crippen molar-refractivity contribution in [2.75, 3.05) is 0 Å². The Morgan fingerprint density at radius 3 is 2.61 bits per heavy atom. The number of Topliss-reactive ketones (excluding diaryl/α,β-unsaturated/α-hetero) is 1. The maximum atomic E-state index is 12.8. The van der Waals surface area contributed by atoms with Crippen molar-refractivity contribution < 1.29 is 4.79 Å². The van der Waals surface area contributed by atoms with Crippen molar-refractivity contribution in [1.29, 1.82) is 5.26 Å². The second kappa shape index (κ2) is 5.77. The number of allylic oxidation sites excluding steroid dienone is 2. The quantitative estimate of drug-likeness (QED) is 0.826. The van der Waals surface area contributed by atoms with Crippen LogP contribution in [0.5, 0.6) is 0 Å². The molecule has 1 heterocycles. The highest BCUT2D eigenvalue weighted by Crippen LogP contribution is 2.44. The lowest BCUT2D eigenvalue weighted by Crippen LogP contribution is -2.37. The SMILES string of the molecule is CC1=NC2=C(C(=O)CC(C)(C)C2)C(Cc2ccccc2)C1C#N. The van der Waals surface area contributed by atoms with Crippen molar-refractivity contribution in [3.05, 3.63) is 47.2 Å². The summed E-state index contributed by atoms with van der Waals surface area (Å²) < 4.78 is 0. The van der Waals surface area contributed by atoms with Gasteiger partial charge in [0.05, 0.1) is 12.0 Å². The van der Waals surface area contributed by atoms with Gasteiger partial charge < -0.3 is 0 Å². The molecule has 1 aliphatic carbocycles. The van der Waals surface area contributed by atoms with Crippen molar-refractivity contribution in [3.63, 3.8) is 0 Å². The Kier molecular flexibility index (Phi) is 3.93. The minimum absolute atomic E-state index is 0.0452. The van der Waals surface area contributed by atoms with Crippen LogP contribution in [0.1, 0.15) is 39.2 Å². The molecule has 1 aliphatic heterocycles. The molecular weight excluding hydrogens is 284 g/mol. The fraction of sp³-hybridized carbons (Fsp3) is 0.450. The van der Waals surface area contributed by atoms with Gasteiger partial charge in [-0.25, -0.2) is 0 Å². The largest absolute Gasteiger partial charge is 0.294 e. The van der Waals surface area contributed by atoms with Gasteiger partial charge in [0.1, 0.15) is 0 Å². The molecule has 3 heteroatoms. The maximum Gasteiger partial charge on any atom is 0.161 e. The van der Waals surface area contributed by atoms with E-state index in [0.29, 0.717) is 6.42 Å². The molecule has 0 bridgehead atoms. The van der Waals surface area contributed by atoms with Gasteiger partial charge in [-0.15, -0.1) is 0 Å². The van der Waals surface area contributed by atoms with Crippen LogP contribution in [0.2, 0.25) is 0 Å². The zero-order chi connectivity index (χ0) is 16.6. The second-order valence-corrected chi connectivity index (χ2v) is 7.46. The van der Waals surface area contributed by atoms with Crippen molar-refractivity contribution in [2.45, 2.75) is 40.0 Å². The number of hydrogen-bond donors (Lipinski definition) is 0. The summed E-state index contributed by atoms with van der Waals surface area (Å²) in [4.78, 5) is 17.4. The number of hydrogen-bond acceptors (Lipinski definition) is 3. The van der Waals surface area contributed by atoms with E-state index < -0.39 is 0 Å². The molecule has 2 aliphatic rings. The lowest BCUT2D eigenvalue weighted by Gasteiger charge is -2.37. The predicted octanol–water partition coefficient (Wildman–Crippen LogP) is 4.10.